The van der Waals surface area contributed by atoms with E-state index in [9.17, 15) is 21.6 Å². The molecule has 156 valence electrons. The van der Waals surface area contributed by atoms with Gasteiger partial charge in [0, 0.05) is 23.7 Å². The molecule has 3 fully saturated rings. The SMILES string of the molecule is CCc1nc(C(F)(F)F)ccc1C1CCC(N2CCC3(C2)CS(=O)(=O)C3)CC1. The van der Waals surface area contributed by atoms with Crippen molar-refractivity contribution in [2.75, 3.05) is 24.6 Å². The van der Waals surface area contributed by atoms with E-state index >= 15 is 0 Å². The number of rotatable bonds is 3. The molecule has 0 bridgehead atoms. The lowest BCUT2D eigenvalue weighted by atomic mass is 9.80. The van der Waals surface area contributed by atoms with E-state index in [1.807, 2.05) is 6.92 Å². The van der Waals surface area contributed by atoms with Gasteiger partial charge in [0.05, 0.1) is 11.5 Å². The summed E-state index contributed by atoms with van der Waals surface area (Å²) >= 11 is 0. The lowest BCUT2D eigenvalue weighted by molar-refractivity contribution is -0.141. The third-order valence-electron chi connectivity index (χ3n) is 6.81. The molecule has 1 saturated carbocycles. The lowest BCUT2D eigenvalue weighted by Crippen LogP contribution is -2.51. The van der Waals surface area contributed by atoms with E-state index in [4.69, 9.17) is 0 Å². The quantitative estimate of drug-likeness (QED) is 0.752. The second kappa shape index (κ2) is 6.97. The third kappa shape index (κ3) is 3.82. The predicted octanol–water partition coefficient (Wildman–Crippen LogP) is 3.81. The first kappa shape index (κ1) is 20.1. The zero-order chi connectivity index (χ0) is 20.2. The lowest BCUT2D eigenvalue weighted by Gasteiger charge is -2.40. The fourth-order valence-corrected chi connectivity index (χ4v) is 7.74. The highest BCUT2D eigenvalue weighted by Crippen LogP contribution is 2.44. The number of aryl methyl sites for hydroxylation is 1. The molecule has 2 aliphatic heterocycles. The first-order chi connectivity index (χ1) is 13.1. The van der Waals surface area contributed by atoms with Crippen LogP contribution in [0, 0.1) is 5.41 Å². The molecule has 4 nitrogen and oxygen atoms in total. The predicted molar refractivity (Wildman–Crippen MR) is 101 cm³/mol. The van der Waals surface area contributed by atoms with Crippen LogP contribution in [-0.4, -0.2) is 48.9 Å². The van der Waals surface area contributed by atoms with Crippen molar-refractivity contribution in [1.82, 2.24) is 9.88 Å². The summed E-state index contributed by atoms with van der Waals surface area (Å²) in [4.78, 5) is 6.35. The van der Waals surface area contributed by atoms with Crippen molar-refractivity contribution in [2.24, 2.45) is 5.41 Å². The highest BCUT2D eigenvalue weighted by molar-refractivity contribution is 7.92. The molecule has 4 rings (SSSR count). The van der Waals surface area contributed by atoms with Gasteiger partial charge in [0.15, 0.2) is 9.84 Å². The molecule has 0 N–H and O–H groups in total. The van der Waals surface area contributed by atoms with Gasteiger partial charge in [-0.15, -0.1) is 0 Å². The van der Waals surface area contributed by atoms with E-state index in [1.165, 1.54) is 0 Å². The van der Waals surface area contributed by atoms with Crippen LogP contribution < -0.4 is 0 Å². The fourth-order valence-electron chi connectivity index (χ4n) is 5.48. The monoisotopic (exact) mass is 416 g/mol. The first-order valence-electron chi connectivity index (χ1n) is 10.1. The highest BCUT2D eigenvalue weighted by Gasteiger charge is 2.53. The summed E-state index contributed by atoms with van der Waals surface area (Å²) < 4.78 is 62.0. The number of alkyl halides is 3. The second-order valence-corrected chi connectivity index (χ2v) is 10.9. The summed E-state index contributed by atoms with van der Waals surface area (Å²) in [7, 11) is -2.81. The Morgan fingerprint density at radius 3 is 2.43 bits per heavy atom. The van der Waals surface area contributed by atoms with Gasteiger partial charge in [0.25, 0.3) is 0 Å². The van der Waals surface area contributed by atoms with Gasteiger partial charge in [-0.05, 0) is 62.6 Å². The van der Waals surface area contributed by atoms with E-state index < -0.39 is 21.7 Å². The minimum absolute atomic E-state index is 0.0115. The van der Waals surface area contributed by atoms with Gasteiger partial charge >= 0.3 is 6.18 Å². The molecule has 28 heavy (non-hydrogen) atoms. The summed E-state index contributed by atoms with van der Waals surface area (Å²) in [5.41, 5.74) is 0.720. The Morgan fingerprint density at radius 2 is 1.86 bits per heavy atom. The maximum absolute atomic E-state index is 12.9. The first-order valence-corrected chi connectivity index (χ1v) is 11.9. The number of halogens is 3. The van der Waals surface area contributed by atoms with Crippen molar-refractivity contribution in [3.63, 3.8) is 0 Å². The average Bonchev–Trinajstić information content (AvgIpc) is 3.04. The summed E-state index contributed by atoms with van der Waals surface area (Å²) in [6.07, 6.45) is 0.993. The number of sulfone groups is 1. The van der Waals surface area contributed by atoms with Crippen molar-refractivity contribution < 1.29 is 21.6 Å². The topological polar surface area (TPSA) is 50.3 Å². The summed E-state index contributed by atoms with van der Waals surface area (Å²) in [6, 6.07) is 3.21. The van der Waals surface area contributed by atoms with Crippen LogP contribution >= 0.6 is 0 Å². The second-order valence-electron chi connectivity index (χ2n) is 8.84. The minimum Gasteiger partial charge on any atom is -0.300 e. The molecular weight excluding hydrogens is 389 g/mol. The van der Waals surface area contributed by atoms with Crippen LogP contribution in [0.5, 0.6) is 0 Å². The molecule has 1 spiro atoms. The van der Waals surface area contributed by atoms with E-state index in [1.54, 1.807) is 6.07 Å². The molecule has 1 aromatic heterocycles. The van der Waals surface area contributed by atoms with Gasteiger partial charge in [0.2, 0.25) is 0 Å². The maximum atomic E-state index is 12.9. The molecule has 3 aliphatic rings. The molecule has 0 atom stereocenters. The normalized spacial score (nSPS) is 29.7. The van der Waals surface area contributed by atoms with E-state index in [0.29, 0.717) is 29.7 Å². The fraction of sp³-hybridized carbons (Fsp3) is 0.750. The molecule has 3 heterocycles. The van der Waals surface area contributed by atoms with Crippen LogP contribution in [0.3, 0.4) is 0 Å². The van der Waals surface area contributed by atoms with Crippen LogP contribution in [0.25, 0.3) is 0 Å². The number of likely N-dealkylation sites (tertiary alicyclic amines) is 1. The van der Waals surface area contributed by atoms with Crippen LogP contribution in [0.15, 0.2) is 12.1 Å². The molecule has 0 radical (unpaired) electrons. The van der Waals surface area contributed by atoms with Gasteiger partial charge in [0.1, 0.15) is 5.69 Å². The van der Waals surface area contributed by atoms with Crippen molar-refractivity contribution in [3.05, 3.63) is 29.1 Å². The van der Waals surface area contributed by atoms with Gasteiger partial charge in [-0.1, -0.05) is 13.0 Å². The molecule has 1 aromatic rings. The Labute approximate surface area is 164 Å². The van der Waals surface area contributed by atoms with E-state index in [0.717, 1.165) is 56.8 Å². The minimum atomic E-state index is -4.40. The summed E-state index contributed by atoms with van der Waals surface area (Å²) in [5.74, 6) is 0.938. The molecule has 8 heteroatoms. The standard InChI is InChI=1S/C20H27F3N2O2S/c1-2-17-16(7-8-18(24-17)20(21,22)23)14-3-5-15(6-4-14)25-10-9-19(11-25)12-28(26,27)13-19/h7-8,14-15H,2-6,9-13H2,1H3. The number of hydrogen-bond donors (Lipinski definition) is 0. The van der Waals surface area contributed by atoms with Crippen LogP contribution in [0.2, 0.25) is 0 Å². The van der Waals surface area contributed by atoms with E-state index in [2.05, 4.69) is 9.88 Å². The number of pyridine rings is 1. The third-order valence-corrected chi connectivity index (χ3v) is 8.91. The summed E-state index contributed by atoms with van der Waals surface area (Å²) in [6.45, 7) is 3.70. The van der Waals surface area contributed by atoms with E-state index in [-0.39, 0.29) is 11.3 Å². The Kier molecular flexibility index (Phi) is 5.01. The Hall–Kier alpha value is -1.15. The Balaban J connectivity index is 1.38. The largest absolute Gasteiger partial charge is 0.433 e. The smallest absolute Gasteiger partial charge is 0.300 e. The number of hydrogen-bond acceptors (Lipinski definition) is 4. The van der Waals surface area contributed by atoms with Crippen molar-refractivity contribution >= 4 is 9.84 Å². The highest BCUT2D eigenvalue weighted by atomic mass is 32.2. The van der Waals surface area contributed by atoms with Gasteiger partial charge in [-0.3, -0.25) is 4.90 Å². The van der Waals surface area contributed by atoms with Crippen LogP contribution in [0.1, 0.15) is 61.9 Å². The molecular formula is C20H27F3N2O2S. The molecule has 0 amide bonds. The molecule has 1 aliphatic carbocycles. The average molecular weight is 417 g/mol. The molecule has 0 unspecified atom stereocenters. The number of aromatic nitrogens is 1. The van der Waals surface area contributed by atoms with Crippen LogP contribution in [0.4, 0.5) is 13.2 Å². The zero-order valence-corrected chi connectivity index (χ0v) is 17.0. The van der Waals surface area contributed by atoms with Gasteiger partial charge in [-0.25, -0.2) is 13.4 Å². The number of nitrogens with zero attached hydrogens (tertiary/aromatic N) is 2. The molecule has 2 saturated heterocycles. The Bertz CT molecular complexity index is 833. The van der Waals surface area contributed by atoms with Crippen molar-refractivity contribution in [3.8, 4) is 0 Å². The van der Waals surface area contributed by atoms with Crippen molar-refractivity contribution in [2.45, 2.75) is 63.6 Å². The van der Waals surface area contributed by atoms with Crippen LogP contribution in [-0.2, 0) is 22.4 Å². The molecule has 0 aromatic carbocycles. The zero-order valence-electron chi connectivity index (χ0n) is 16.1. The summed E-state index contributed by atoms with van der Waals surface area (Å²) in [5, 5.41) is 0. The maximum Gasteiger partial charge on any atom is 0.433 e. The van der Waals surface area contributed by atoms with Gasteiger partial charge in [-0.2, -0.15) is 13.2 Å². The van der Waals surface area contributed by atoms with Crippen molar-refractivity contribution in [1.29, 1.82) is 0 Å². The Morgan fingerprint density at radius 1 is 1.18 bits per heavy atom. The van der Waals surface area contributed by atoms with Gasteiger partial charge < -0.3 is 0 Å².